The van der Waals surface area contributed by atoms with Gasteiger partial charge in [-0.3, -0.25) is 14.5 Å². The van der Waals surface area contributed by atoms with Crippen LogP contribution in [0.25, 0.3) is 16.0 Å². The number of aliphatic hydroxyl groups is 1. The molecule has 1 N–H and O–H groups in total. The Hall–Kier alpha value is -4.37. The summed E-state index contributed by atoms with van der Waals surface area (Å²) in [5.74, 6) is -0.285. The highest BCUT2D eigenvalue weighted by atomic mass is 32.1. The first-order valence-electron chi connectivity index (χ1n) is 12.2. The molecule has 4 aromatic rings. The normalized spacial score (nSPS) is 16.7. The SMILES string of the molecule is COc1ccc(C(O)=C2C(=O)C(=O)N(c3nc4c(C)cc(C)cc4s3)[C@H]2c2ccc(OC)c(OC)c2)cc1C. The highest BCUT2D eigenvalue weighted by molar-refractivity contribution is 7.22. The van der Waals surface area contributed by atoms with Gasteiger partial charge < -0.3 is 19.3 Å². The Balaban J connectivity index is 1.76. The summed E-state index contributed by atoms with van der Waals surface area (Å²) in [6.07, 6.45) is 0. The third kappa shape index (κ3) is 4.38. The van der Waals surface area contributed by atoms with Gasteiger partial charge in [0.2, 0.25) is 0 Å². The number of aliphatic hydroxyl groups excluding tert-OH is 1. The van der Waals surface area contributed by atoms with Gasteiger partial charge >= 0.3 is 5.91 Å². The lowest BCUT2D eigenvalue weighted by atomic mass is 9.94. The van der Waals surface area contributed by atoms with Crippen LogP contribution in [0, 0.1) is 20.8 Å². The number of benzene rings is 3. The van der Waals surface area contributed by atoms with Gasteiger partial charge in [-0.15, -0.1) is 0 Å². The molecule has 0 bridgehead atoms. The van der Waals surface area contributed by atoms with Crippen molar-refractivity contribution >= 4 is 44.1 Å². The van der Waals surface area contributed by atoms with Crippen LogP contribution in [0.1, 0.15) is 33.9 Å². The number of anilines is 1. The van der Waals surface area contributed by atoms with Crippen molar-refractivity contribution in [3.05, 3.63) is 81.9 Å². The van der Waals surface area contributed by atoms with Gasteiger partial charge in [-0.1, -0.05) is 23.5 Å². The fraction of sp³-hybridized carbons (Fsp3) is 0.233. The number of fused-ring (bicyclic) bond motifs is 1. The van der Waals surface area contributed by atoms with Gasteiger partial charge in [0, 0.05) is 5.56 Å². The zero-order valence-corrected chi connectivity index (χ0v) is 23.3. The molecule has 1 amide bonds. The molecule has 0 unspecified atom stereocenters. The summed E-state index contributed by atoms with van der Waals surface area (Å²) < 4.78 is 17.2. The summed E-state index contributed by atoms with van der Waals surface area (Å²) in [5, 5.41) is 11.9. The number of nitrogens with zero attached hydrogens (tertiary/aromatic N) is 2. The van der Waals surface area contributed by atoms with E-state index >= 15 is 0 Å². The molecule has 0 radical (unpaired) electrons. The van der Waals surface area contributed by atoms with Crippen molar-refractivity contribution in [2.75, 3.05) is 26.2 Å². The maximum absolute atomic E-state index is 13.6. The summed E-state index contributed by atoms with van der Waals surface area (Å²) in [7, 11) is 4.60. The van der Waals surface area contributed by atoms with Gasteiger partial charge in [0.1, 0.15) is 11.5 Å². The Bertz CT molecular complexity index is 1670. The van der Waals surface area contributed by atoms with E-state index in [1.54, 1.807) is 43.5 Å². The number of amides is 1. The molecule has 1 fully saturated rings. The largest absolute Gasteiger partial charge is 0.507 e. The Kier molecular flexibility index (Phi) is 6.78. The topological polar surface area (TPSA) is 98.2 Å². The minimum Gasteiger partial charge on any atom is -0.507 e. The fourth-order valence-corrected chi connectivity index (χ4v) is 6.18. The van der Waals surface area contributed by atoms with Gasteiger partial charge in [-0.25, -0.2) is 4.98 Å². The second kappa shape index (κ2) is 10.1. The van der Waals surface area contributed by atoms with Crippen molar-refractivity contribution in [2.24, 2.45) is 0 Å². The lowest BCUT2D eigenvalue weighted by Crippen LogP contribution is -2.29. The average Bonchev–Trinajstić information content (AvgIpc) is 3.46. The molecule has 0 spiro atoms. The summed E-state index contributed by atoms with van der Waals surface area (Å²) >= 11 is 1.33. The van der Waals surface area contributed by atoms with Crippen molar-refractivity contribution < 1.29 is 28.9 Å². The van der Waals surface area contributed by atoms with E-state index in [4.69, 9.17) is 19.2 Å². The van der Waals surface area contributed by atoms with Crippen molar-refractivity contribution in [1.82, 2.24) is 4.98 Å². The molecular formula is C30H28N2O6S. The molecule has 1 saturated heterocycles. The molecular weight excluding hydrogens is 516 g/mol. The molecule has 8 nitrogen and oxygen atoms in total. The van der Waals surface area contributed by atoms with Crippen LogP contribution in [-0.2, 0) is 9.59 Å². The zero-order valence-electron chi connectivity index (χ0n) is 22.5. The Morgan fingerprint density at radius 3 is 2.23 bits per heavy atom. The van der Waals surface area contributed by atoms with E-state index in [1.165, 1.54) is 30.5 Å². The number of aromatic nitrogens is 1. The number of Topliss-reactive ketones (excluding diaryl/α,β-unsaturated/α-hetero) is 1. The smallest absolute Gasteiger partial charge is 0.301 e. The van der Waals surface area contributed by atoms with E-state index in [9.17, 15) is 14.7 Å². The average molecular weight is 545 g/mol. The molecule has 2 heterocycles. The number of aryl methyl sites for hydroxylation is 3. The first-order valence-corrected chi connectivity index (χ1v) is 13.1. The van der Waals surface area contributed by atoms with Gasteiger partial charge in [0.05, 0.1) is 43.2 Å². The predicted molar refractivity (Wildman–Crippen MR) is 151 cm³/mol. The molecule has 200 valence electrons. The van der Waals surface area contributed by atoms with E-state index in [2.05, 4.69) is 0 Å². The van der Waals surface area contributed by atoms with Crippen molar-refractivity contribution in [2.45, 2.75) is 26.8 Å². The number of ketones is 1. The number of hydrogen-bond acceptors (Lipinski definition) is 8. The van der Waals surface area contributed by atoms with Crippen LogP contribution in [0.4, 0.5) is 5.13 Å². The Labute approximate surface area is 230 Å². The Morgan fingerprint density at radius 1 is 0.872 bits per heavy atom. The summed E-state index contributed by atoms with van der Waals surface area (Å²) in [6, 6.07) is 13.3. The van der Waals surface area contributed by atoms with Crippen molar-refractivity contribution in [3.8, 4) is 17.2 Å². The van der Waals surface area contributed by atoms with E-state index in [1.807, 2.05) is 32.9 Å². The van der Waals surface area contributed by atoms with Gasteiger partial charge in [-0.05, 0) is 79.4 Å². The molecule has 39 heavy (non-hydrogen) atoms. The van der Waals surface area contributed by atoms with Gasteiger partial charge in [0.25, 0.3) is 5.78 Å². The second-order valence-electron chi connectivity index (χ2n) is 9.39. The molecule has 0 aliphatic carbocycles. The number of thiazole rings is 1. The number of carbonyl (C=O) groups is 2. The summed E-state index contributed by atoms with van der Waals surface area (Å²) in [4.78, 5) is 33.4. The molecule has 1 aromatic heterocycles. The second-order valence-corrected chi connectivity index (χ2v) is 10.4. The summed E-state index contributed by atoms with van der Waals surface area (Å²) in [5.41, 5.74) is 4.50. The van der Waals surface area contributed by atoms with E-state index < -0.39 is 17.7 Å². The van der Waals surface area contributed by atoms with Crippen molar-refractivity contribution in [3.63, 3.8) is 0 Å². The third-order valence-electron chi connectivity index (χ3n) is 6.86. The van der Waals surface area contributed by atoms with E-state index in [0.717, 1.165) is 26.9 Å². The van der Waals surface area contributed by atoms with Crippen LogP contribution < -0.4 is 19.1 Å². The molecule has 9 heteroatoms. The maximum atomic E-state index is 13.6. The van der Waals surface area contributed by atoms with Crippen LogP contribution in [0.15, 0.2) is 54.1 Å². The highest BCUT2D eigenvalue weighted by Gasteiger charge is 2.48. The first-order chi connectivity index (χ1) is 18.7. The van der Waals surface area contributed by atoms with E-state index in [-0.39, 0.29) is 11.3 Å². The monoisotopic (exact) mass is 544 g/mol. The minimum atomic E-state index is -0.950. The molecule has 1 aliphatic rings. The quantitative estimate of drug-likeness (QED) is 0.184. The zero-order chi connectivity index (χ0) is 28.0. The van der Waals surface area contributed by atoms with Gasteiger partial charge in [-0.2, -0.15) is 0 Å². The van der Waals surface area contributed by atoms with Crippen LogP contribution in [0.2, 0.25) is 0 Å². The highest BCUT2D eigenvalue weighted by Crippen LogP contribution is 2.46. The van der Waals surface area contributed by atoms with Gasteiger partial charge in [0.15, 0.2) is 16.6 Å². The number of hydrogen-bond donors (Lipinski definition) is 1. The predicted octanol–water partition coefficient (Wildman–Crippen LogP) is 5.87. The molecule has 1 aliphatic heterocycles. The maximum Gasteiger partial charge on any atom is 0.301 e. The summed E-state index contributed by atoms with van der Waals surface area (Å²) in [6.45, 7) is 5.80. The van der Waals surface area contributed by atoms with Crippen LogP contribution in [-0.4, -0.2) is 43.1 Å². The standard InChI is InChI=1S/C30H28N2O6S/c1-15-11-17(3)25-23(12-15)39-30(31-25)32-26(18-7-10-21(37-5)22(14-18)38-6)24(28(34)29(32)35)27(33)19-8-9-20(36-4)16(2)13-19/h7-14,26,33H,1-6H3/t26-/m0/s1. The van der Waals surface area contributed by atoms with E-state index in [0.29, 0.717) is 33.5 Å². The minimum absolute atomic E-state index is 0.0380. The lowest BCUT2D eigenvalue weighted by molar-refractivity contribution is -0.132. The first kappa shape index (κ1) is 26.2. The molecule has 3 aromatic carbocycles. The van der Waals surface area contributed by atoms with Crippen LogP contribution >= 0.6 is 11.3 Å². The molecule has 1 atom stereocenters. The number of rotatable bonds is 6. The van der Waals surface area contributed by atoms with Crippen LogP contribution in [0.3, 0.4) is 0 Å². The number of ether oxygens (including phenoxy) is 3. The third-order valence-corrected chi connectivity index (χ3v) is 7.86. The fourth-order valence-electron chi connectivity index (χ4n) is 5.01. The van der Waals surface area contributed by atoms with Crippen LogP contribution in [0.5, 0.6) is 17.2 Å². The Morgan fingerprint density at radius 2 is 1.56 bits per heavy atom. The molecule has 0 saturated carbocycles. The van der Waals surface area contributed by atoms with Crippen molar-refractivity contribution in [1.29, 1.82) is 0 Å². The number of carbonyl (C=O) groups excluding carboxylic acids is 2. The lowest BCUT2D eigenvalue weighted by Gasteiger charge is -2.24. The molecule has 5 rings (SSSR count). The number of methoxy groups -OCH3 is 3.